The van der Waals surface area contributed by atoms with Crippen LogP contribution in [-0.2, 0) is 0 Å². The maximum atomic E-state index is 12.5. The van der Waals surface area contributed by atoms with E-state index >= 15 is 0 Å². The molecule has 0 atom stereocenters. The number of ether oxygens (including phenoxy) is 1. The van der Waals surface area contributed by atoms with Gasteiger partial charge in [0, 0.05) is 37.8 Å². The van der Waals surface area contributed by atoms with E-state index in [1.165, 1.54) is 12.1 Å². The quantitative estimate of drug-likeness (QED) is 0.650. The number of halogens is 4. The summed E-state index contributed by atoms with van der Waals surface area (Å²) in [5, 5.41) is 6.35. The van der Waals surface area contributed by atoms with Gasteiger partial charge in [0.2, 0.25) is 0 Å². The fourth-order valence-electron chi connectivity index (χ4n) is 3.55. The highest BCUT2D eigenvalue weighted by Gasteiger charge is 2.31. The number of anilines is 2. The summed E-state index contributed by atoms with van der Waals surface area (Å²) < 4.78 is 41.0. The molecule has 1 aliphatic carbocycles. The molecule has 32 heavy (non-hydrogen) atoms. The number of carbonyl (C=O) groups is 1. The second kappa shape index (κ2) is 10.7. The van der Waals surface area contributed by atoms with Crippen molar-refractivity contribution in [2.24, 2.45) is 0 Å². The molecule has 176 valence electrons. The number of nitrogens with zero attached hydrogens (tertiary/aromatic N) is 3. The van der Waals surface area contributed by atoms with Crippen LogP contribution in [0.25, 0.3) is 0 Å². The molecule has 0 unspecified atom stereocenters. The number of rotatable bonds is 6. The molecule has 0 bridgehead atoms. The van der Waals surface area contributed by atoms with E-state index in [-0.39, 0.29) is 30.1 Å². The molecule has 0 spiro atoms. The molecule has 11 heteroatoms. The highest BCUT2D eigenvalue weighted by Crippen LogP contribution is 2.25. The van der Waals surface area contributed by atoms with Crippen LogP contribution in [0.2, 0.25) is 0 Å². The molecule has 2 aromatic rings. The summed E-state index contributed by atoms with van der Waals surface area (Å²) in [5.74, 6) is 1.46. The highest BCUT2D eigenvalue weighted by molar-refractivity contribution is 5.94. The maximum absolute atomic E-state index is 12.5. The maximum Gasteiger partial charge on any atom is 0.573 e. The van der Waals surface area contributed by atoms with Crippen LogP contribution in [0.3, 0.4) is 0 Å². The number of aryl methyl sites for hydroxylation is 1. The van der Waals surface area contributed by atoms with Gasteiger partial charge in [0.1, 0.15) is 23.2 Å². The molecule has 1 fully saturated rings. The van der Waals surface area contributed by atoms with Gasteiger partial charge in [-0.05, 0) is 50.8 Å². The van der Waals surface area contributed by atoms with Gasteiger partial charge >= 0.3 is 6.36 Å². The van der Waals surface area contributed by atoms with Crippen LogP contribution in [0.15, 0.2) is 30.3 Å². The molecule has 7 nitrogen and oxygen atoms in total. The van der Waals surface area contributed by atoms with Gasteiger partial charge in [-0.3, -0.25) is 4.79 Å². The van der Waals surface area contributed by atoms with Gasteiger partial charge in [0.25, 0.3) is 5.91 Å². The molecule has 1 amide bonds. The van der Waals surface area contributed by atoms with Gasteiger partial charge in [-0.15, -0.1) is 25.6 Å². The normalized spacial score (nSPS) is 18.3. The zero-order valence-corrected chi connectivity index (χ0v) is 18.9. The number of carbonyl (C=O) groups excluding carboxylic acids is 1. The minimum absolute atomic E-state index is 0. The average molecular weight is 474 g/mol. The number of alkyl halides is 3. The van der Waals surface area contributed by atoms with E-state index in [4.69, 9.17) is 0 Å². The molecule has 0 radical (unpaired) electrons. The summed E-state index contributed by atoms with van der Waals surface area (Å²) >= 11 is 0. The Bertz CT molecular complexity index is 919. The van der Waals surface area contributed by atoms with E-state index in [1.54, 1.807) is 0 Å². The summed E-state index contributed by atoms with van der Waals surface area (Å²) in [5.41, 5.74) is 0.134. The molecule has 1 heterocycles. The molecule has 1 aromatic heterocycles. The van der Waals surface area contributed by atoms with Gasteiger partial charge in [-0.25, -0.2) is 9.97 Å². The Hall–Kier alpha value is -2.75. The molecule has 1 saturated carbocycles. The number of hydrogen-bond donors (Lipinski definition) is 2. The van der Waals surface area contributed by atoms with Gasteiger partial charge in [0.05, 0.1) is 0 Å². The fraction of sp³-hybridized carbons (Fsp3) is 0.476. The summed E-state index contributed by atoms with van der Waals surface area (Å²) in [6.45, 7) is 1.85. The first-order chi connectivity index (χ1) is 14.6. The number of amides is 1. The summed E-state index contributed by atoms with van der Waals surface area (Å²) in [6, 6.07) is 7.17. The van der Waals surface area contributed by atoms with Crippen molar-refractivity contribution < 1.29 is 22.7 Å². The first-order valence-corrected chi connectivity index (χ1v) is 10.1. The Kier molecular flexibility index (Phi) is 8.54. The number of nitrogens with one attached hydrogen (secondary N) is 2. The molecular formula is C21H27ClF3N5O2. The third-order valence-corrected chi connectivity index (χ3v) is 5.03. The monoisotopic (exact) mass is 473 g/mol. The molecule has 0 saturated heterocycles. The van der Waals surface area contributed by atoms with E-state index < -0.39 is 18.0 Å². The van der Waals surface area contributed by atoms with Crippen molar-refractivity contribution in [2.75, 3.05) is 24.3 Å². The van der Waals surface area contributed by atoms with Crippen molar-refractivity contribution in [1.29, 1.82) is 0 Å². The van der Waals surface area contributed by atoms with E-state index in [9.17, 15) is 18.0 Å². The minimum Gasteiger partial charge on any atom is -0.406 e. The number of benzene rings is 1. The molecular weight excluding hydrogens is 447 g/mol. The van der Waals surface area contributed by atoms with Crippen LogP contribution in [0.4, 0.5) is 24.8 Å². The number of aromatic nitrogens is 2. The van der Waals surface area contributed by atoms with Crippen LogP contribution in [0, 0.1) is 6.92 Å². The van der Waals surface area contributed by atoms with Crippen LogP contribution in [0.1, 0.15) is 41.9 Å². The Morgan fingerprint density at radius 3 is 2.38 bits per heavy atom. The SMILES string of the molecule is Cc1nc(NC2CCC(NC(=O)c3cccc(OC(F)(F)F)c3)CC2)cc(N(C)C)n1.Cl. The molecule has 1 aliphatic rings. The Labute approximate surface area is 191 Å². The van der Waals surface area contributed by atoms with Crippen molar-refractivity contribution >= 4 is 29.9 Å². The van der Waals surface area contributed by atoms with Crippen LogP contribution in [0.5, 0.6) is 5.75 Å². The zero-order valence-electron chi connectivity index (χ0n) is 18.1. The van der Waals surface area contributed by atoms with Crippen LogP contribution < -0.4 is 20.3 Å². The predicted octanol–water partition coefficient (Wildman–Crippen LogP) is 4.32. The van der Waals surface area contributed by atoms with E-state index in [0.29, 0.717) is 5.82 Å². The average Bonchev–Trinajstić information content (AvgIpc) is 2.68. The Morgan fingerprint density at radius 2 is 1.75 bits per heavy atom. The van der Waals surface area contributed by atoms with Crippen molar-refractivity contribution in [3.63, 3.8) is 0 Å². The largest absolute Gasteiger partial charge is 0.573 e. The second-order valence-electron chi connectivity index (χ2n) is 7.80. The molecule has 2 N–H and O–H groups in total. The van der Waals surface area contributed by atoms with Gasteiger partial charge in [-0.2, -0.15) is 0 Å². The minimum atomic E-state index is -4.80. The number of hydrogen-bond acceptors (Lipinski definition) is 6. The van der Waals surface area contributed by atoms with Gasteiger partial charge in [0.15, 0.2) is 0 Å². The van der Waals surface area contributed by atoms with Crippen molar-refractivity contribution in [3.8, 4) is 5.75 Å². The third-order valence-electron chi connectivity index (χ3n) is 5.03. The lowest BCUT2D eigenvalue weighted by Crippen LogP contribution is -2.40. The Morgan fingerprint density at radius 1 is 1.09 bits per heavy atom. The first kappa shape index (κ1) is 25.5. The van der Waals surface area contributed by atoms with Crippen LogP contribution >= 0.6 is 12.4 Å². The van der Waals surface area contributed by atoms with Crippen molar-refractivity contribution in [2.45, 2.75) is 51.1 Å². The molecule has 3 rings (SSSR count). The lowest BCUT2D eigenvalue weighted by atomic mass is 9.91. The van der Waals surface area contributed by atoms with E-state index in [1.807, 2.05) is 32.0 Å². The van der Waals surface area contributed by atoms with Crippen molar-refractivity contribution in [1.82, 2.24) is 15.3 Å². The van der Waals surface area contributed by atoms with Gasteiger partial charge < -0.3 is 20.3 Å². The smallest absolute Gasteiger partial charge is 0.406 e. The summed E-state index contributed by atoms with van der Waals surface area (Å²) in [7, 11) is 3.84. The summed E-state index contributed by atoms with van der Waals surface area (Å²) in [6.07, 6.45) is -1.61. The van der Waals surface area contributed by atoms with E-state index in [2.05, 4.69) is 25.3 Å². The highest BCUT2D eigenvalue weighted by atomic mass is 35.5. The van der Waals surface area contributed by atoms with Crippen LogP contribution in [-0.4, -0.2) is 48.4 Å². The topological polar surface area (TPSA) is 79.4 Å². The second-order valence-corrected chi connectivity index (χ2v) is 7.80. The lowest BCUT2D eigenvalue weighted by Gasteiger charge is -2.30. The predicted molar refractivity (Wildman–Crippen MR) is 119 cm³/mol. The summed E-state index contributed by atoms with van der Waals surface area (Å²) in [4.78, 5) is 23.2. The van der Waals surface area contributed by atoms with Crippen molar-refractivity contribution in [3.05, 3.63) is 41.7 Å². The Balaban J connectivity index is 0.00000363. The molecule has 1 aromatic carbocycles. The van der Waals surface area contributed by atoms with E-state index in [0.717, 1.165) is 49.5 Å². The third kappa shape index (κ3) is 7.44. The zero-order chi connectivity index (χ0) is 22.6. The standard InChI is InChI=1S/C21H26F3N5O2.ClH/c1-13-25-18(12-19(26-13)29(2)3)27-15-7-9-16(10-8-15)28-20(30)14-5-4-6-17(11-14)31-21(22,23)24;/h4-6,11-12,15-16H,7-10H2,1-3H3,(H,28,30)(H,25,26,27);1H. The molecule has 0 aliphatic heterocycles. The van der Waals surface area contributed by atoms with Gasteiger partial charge in [-0.1, -0.05) is 6.07 Å². The first-order valence-electron chi connectivity index (χ1n) is 10.1. The fourth-order valence-corrected chi connectivity index (χ4v) is 3.55. The lowest BCUT2D eigenvalue weighted by molar-refractivity contribution is -0.274.